The minimum atomic E-state index is -0.239. The van der Waals surface area contributed by atoms with E-state index in [9.17, 15) is 9.59 Å². The highest BCUT2D eigenvalue weighted by atomic mass is 16.5. The molecule has 0 fully saturated rings. The molecule has 0 aliphatic carbocycles. The van der Waals surface area contributed by atoms with E-state index in [1.807, 2.05) is 67.8 Å². The van der Waals surface area contributed by atoms with Gasteiger partial charge in [0.05, 0.1) is 31.5 Å². The van der Waals surface area contributed by atoms with Gasteiger partial charge in [-0.3, -0.25) is 9.59 Å². The molecule has 7 heteroatoms. The monoisotopic (exact) mass is 486 g/mol. The maximum absolute atomic E-state index is 13.1. The van der Waals surface area contributed by atoms with Gasteiger partial charge in [0, 0.05) is 29.9 Å². The number of unbranched alkanes of at least 4 members (excludes halogenated alkanes) is 2. The van der Waals surface area contributed by atoms with E-state index >= 15 is 0 Å². The van der Waals surface area contributed by atoms with E-state index in [-0.39, 0.29) is 18.4 Å². The zero-order valence-corrected chi connectivity index (χ0v) is 21.0. The Balaban J connectivity index is 1.46. The van der Waals surface area contributed by atoms with Crippen LogP contribution in [0.25, 0.3) is 22.2 Å². The average molecular weight is 487 g/mol. The van der Waals surface area contributed by atoms with Crippen LogP contribution < -0.4 is 10.1 Å². The van der Waals surface area contributed by atoms with Crippen molar-refractivity contribution >= 4 is 22.6 Å². The van der Waals surface area contributed by atoms with Crippen LogP contribution >= 0.6 is 0 Å². The fourth-order valence-electron chi connectivity index (χ4n) is 4.43. The SMILES string of the molecule is CCC(=O)CCCCC[C@H](NC(=O)Cc1c[nH]c2ccc(OC)cc12)c1ncc(-c2ccccc2)[nH]1. The van der Waals surface area contributed by atoms with Gasteiger partial charge in [-0.25, -0.2) is 4.98 Å². The molecule has 1 amide bonds. The molecule has 0 bridgehead atoms. The first kappa shape index (κ1) is 25.2. The van der Waals surface area contributed by atoms with Crippen LogP contribution in [0.1, 0.15) is 62.9 Å². The normalized spacial score (nSPS) is 11.9. The number of nitrogens with one attached hydrogen (secondary N) is 3. The first-order chi connectivity index (χ1) is 17.6. The summed E-state index contributed by atoms with van der Waals surface area (Å²) in [6.45, 7) is 1.90. The van der Waals surface area contributed by atoms with Gasteiger partial charge >= 0.3 is 0 Å². The van der Waals surface area contributed by atoms with Gasteiger partial charge in [0.2, 0.25) is 5.91 Å². The van der Waals surface area contributed by atoms with E-state index in [4.69, 9.17) is 4.74 Å². The molecule has 2 aromatic carbocycles. The number of hydrogen-bond donors (Lipinski definition) is 3. The Bertz CT molecular complexity index is 1290. The van der Waals surface area contributed by atoms with Crippen molar-refractivity contribution < 1.29 is 14.3 Å². The number of Topliss-reactive ketones (excluding diaryl/α,β-unsaturated/α-hetero) is 1. The van der Waals surface area contributed by atoms with Gasteiger partial charge < -0.3 is 20.0 Å². The fourth-order valence-corrected chi connectivity index (χ4v) is 4.43. The first-order valence-corrected chi connectivity index (χ1v) is 12.6. The van der Waals surface area contributed by atoms with Crippen LogP contribution in [0.15, 0.2) is 60.9 Å². The van der Waals surface area contributed by atoms with Crippen molar-refractivity contribution in [3.05, 3.63) is 72.3 Å². The number of methoxy groups -OCH3 is 1. The Morgan fingerprint density at radius 1 is 1.08 bits per heavy atom. The summed E-state index contributed by atoms with van der Waals surface area (Å²) in [7, 11) is 1.63. The number of fused-ring (bicyclic) bond motifs is 1. The van der Waals surface area contributed by atoms with E-state index in [2.05, 4.69) is 20.3 Å². The van der Waals surface area contributed by atoms with Crippen LogP contribution in [0.5, 0.6) is 5.75 Å². The maximum atomic E-state index is 13.1. The highest BCUT2D eigenvalue weighted by Crippen LogP contribution is 2.25. The lowest BCUT2D eigenvalue weighted by Gasteiger charge is -2.17. The Morgan fingerprint density at radius 2 is 1.92 bits per heavy atom. The molecule has 2 aromatic heterocycles. The molecule has 36 heavy (non-hydrogen) atoms. The van der Waals surface area contributed by atoms with Crippen molar-refractivity contribution in [2.45, 2.75) is 57.9 Å². The molecule has 0 saturated carbocycles. The van der Waals surface area contributed by atoms with E-state index in [1.54, 1.807) is 7.11 Å². The largest absolute Gasteiger partial charge is 0.497 e. The summed E-state index contributed by atoms with van der Waals surface area (Å²) in [6.07, 6.45) is 8.61. The molecule has 0 unspecified atom stereocenters. The predicted molar refractivity (Wildman–Crippen MR) is 142 cm³/mol. The second-order valence-electron chi connectivity index (χ2n) is 9.06. The van der Waals surface area contributed by atoms with Crippen LogP contribution in [0.4, 0.5) is 0 Å². The van der Waals surface area contributed by atoms with Crippen molar-refractivity contribution in [3.8, 4) is 17.0 Å². The topological polar surface area (TPSA) is 99.9 Å². The number of ketones is 1. The summed E-state index contributed by atoms with van der Waals surface area (Å²) in [6, 6.07) is 15.6. The van der Waals surface area contributed by atoms with Crippen molar-refractivity contribution in [2.75, 3.05) is 7.11 Å². The lowest BCUT2D eigenvalue weighted by molar-refractivity contribution is -0.121. The summed E-state index contributed by atoms with van der Waals surface area (Å²) in [5.41, 5.74) is 3.85. The molecule has 7 nitrogen and oxygen atoms in total. The molecule has 188 valence electrons. The summed E-state index contributed by atoms with van der Waals surface area (Å²) in [5, 5.41) is 4.17. The van der Waals surface area contributed by atoms with Gasteiger partial charge in [-0.2, -0.15) is 0 Å². The molecule has 4 aromatic rings. The Hall–Kier alpha value is -3.87. The number of carbonyl (C=O) groups is 2. The molecule has 0 radical (unpaired) electrons. The number of hydrogen-bond acceptors (Lipinski definition) is 4. The van der Waals surface area contributed by atoms with Gasteiger partial charge in [0.15, 0.2) is 0 Å². The van der Waals surface area contributed by atoms with Crippen LogP contribution in [-0.4, -0.2) is 33.8 Å². The van der Waals surface area contributed by atoms with E-state index in [0.29, 0.717) is 18.6 Å². The molecule has 1 atom stereocenters. The Labute approximate surface area is 211 Å². The Morgan fingerprint density at radius 3 is 2.69 bits per heavy atom. The van der Waals surface area contributed by atoms with Crippen molar-refractivity contribution in [1.82, 2.24) is 20.3 Å². The van der Waals surface area contributed by atoms with E-state index < -0.39 is 0 Å². The molecule has 0 aliphatic heterocycles. The van der Waals surface area contributed by atoms with Crippen molar-refractivity contribution in [1.29, 1.82) is 0 Å². The fraction of sp³-hybridized carbons (Fsp3) is 0.345. The lowest BCUT2D eigenvalue weighted by atomic mass is 10.0. The third kappa shape index (κ3) is 6.42. The number of ether oxygens (including phenoxy) is 1. The number of aromatic amines is 2. The number of imidazole rings is 1. The Kier molecular flexibility index (Phi) is 8.55. The first-order valence-electron chi connectivity index (χ1n) is 12.6. The average Bonchev–Trinajstić information content (AvgIpc) is 3.55. The number of rotatable bonds is 13. The maximum Gasteiger partial charge on any atom is 0.225 e. The molecule has 0 spiro atoms. The number of carbonyl (C=O) groups excluding carboxylic acids is 2. The van der Waals surface area contributed by atoms with Gasteiger partial charge in [-0.15, -0.1) is 0 Å². The van der Waals surface area contributed by atoms with Crippen molar-refractivity contribution in [3.63, 3.8) is 0 Å². The van der Waals surface area contributed by atoms with E-state index in [0.717, 1.165) is 65.0 Å². The standard InChI is InChI=1S/C29H34N4O3/c1-3-22(34)12-8-5-9-13-26(29-31-19-27(33-29)20-10-6-4-7-11-20)32-28(35)16-21-18-30-25-15-14-23(36-2)17-24(21)25/h4,6-7,10-11,14-15,17-19,26,30H,3,5,8-9,12-13,16H2,1-2H3,(H,31,33)(H,32,35)/t26-/m0/s1. The number of benzene rings is 2. The molecule has 4 rings (SSSR count). The van der Waals surface area contributed by atoms with E-state index in [1.165, 1.54) is 0 Å². The number of amides is 1. The van der Waals surface area contributed by atoms with Crippen molar-refractivity contribution in [2.24, 2.45) is 0 Å². The lowest BCUT2D eigenvalue weighted by Crippen LogP contribution is -2.30. The highest BCUT2D eigenvalue weighted by molar-refractivity contribution is 5.89. The predicted octanol–water partition coefficient (Wildman–Crippen LogP) is 5.90. The van der Waals surface area contributed by atoms with Gasteiger partial charge in [0.1, 0.15) is 17.4 Å². The molecular formula is C29H34N4O3. The second kappa shape index (κ2) is 12.2. The number of aromatic nitrogens is 3. The van der Waals surface area contributed by atoms with Crippen LogP contribution in [-0.2, 0) is 16.0 Å². The second-order valence-corrected chi connectivity index (χ2v) is 9.06. The zero-order chi connectivity index (χ0) is 25.3. The number of nitrogens with zero attached hydrogens (tertiary/aromatic N) is 1. The molecule has 0 saturated heterocycles. The van der Waals surface area contributed by atoms with Gasteiger partial charge in [-0.1, -0.05) is 50.1 Å². The van der Waals surface area contributed by atoms with Crippen LogP contribution in [0.3, 0.4) is 0 Å². The van der Waals surface area contributed by atoms with Gasteiger partial charge in [0.25, 0.3) is 0 Å². The molecule has 3 N–H and O–H groups in total. The quantitative estimate of drug-likeness (QED) is 0.205. The highest BCUT2D eigenvalue weighted by Gasteiger charge is 2.19. The minimum Gasteiger partial charge on any atom is -0.497 e. The molecule has 2 heterocycles. The third-order valence-corrected chi connectivity index (χ3v) is 6.51. The zero-order valence-electron chi connectivity index (χ0n) is 21.0. The summed E-state index contributed by atoms with van der Waals surface area (Å²) in [4.78, 5) is 36.0. The summed E-state index contributed by atoms with van der Waals surface area (Å²) in [5.74, 6) is 1.73. The van der Waals surface area contributed by atoms with Crippen LogP contribution in [0.2, 0.25) is 0 Å². The smallest absolute Gasteiger partial charge is 0.225 e. The summed E-state index contributed by atoms with van der Waals surface area (Å²) < 4.78 is 5.35. The minimum absolute atomic E-state index is 0.0671. The molecular weight excluding hydrogens is 452 g/mol. The van der Waals surface area contributed by atoms with Gasteiger partial charge in [-0.05, 0) is 42.2 Å². The third-order valence-electron chi connectivity index (χ3n) is 6.51. The van der Waals surface area contributed by atoms with Crippen LogP contribution in [0, 0.1) is 0 Å². The number of H-pyrrole nitrogens is 2. The molecule has 0 aliphatic rings. The summed E-state index contributed by atoms with van der Waals surface area (Å²) >= 11 is 0.